The number of ether oxygens (including phenoxy) is 1. The quantitative estimate of drug-likeness (QED) is 0.363. The van der Waals surface area contributed by atoms with Crippen LogP contribution in [-0.4, -0.2) is 48.4 Å². The molecule has 0 unspecified atom stereocenters. The summed E-state index contributed by atoms with van der Waals surface area (Å²) in [4.78, 5) is 23.9. The number of thioether (sulfide) groups is 1. The Hall–Kier alpha value is -3.04. The zero-order valence-corrected chi connectivity index (χ0v) is 16.7. The Morgan fingerprint density at radius 3 is 2.59 bits per heavy atom. The van der Waals surface area contributed by atoms with Gasteiger partial charge in [-0.05, 0) is 24.0 Å². The molecular weight excluding hydrogens is 390 g/mol. The number of carbonyl (C=O) groups excluding carboxylic acids is 1. The van der Waals surface area contributed by atoms with Crippen LogP contribution in [0.1, 0.15) is 10.6 Å². The molecule has 0 atom stereocenters. The molecule has 1 aromatic carbocycles. The first-order chi connectivity index (χ1) is 14.3. The first-order valence-corrected chi connectivity index (χ1v) is 10.4. The van der Waals surface area contributed by atoms with Gasteiger partial charge in [-0.1, -0.05) is 42.1 Å². The molecule has 3 heterocycles. The van der Waals surface area contributed by atoms with E-state index in [1.54, 1.807) is 12.1 Å². The number of hydrazine groups is 1. The molecule has 1 fully saturated rings. The van der Waals surface area contributed by atoms with Gasteiger partial charge in [0.25, 0.3) is 0 Å². The molecule has 2 aromatic heterocycles. The highest BCUT2D eigenvalue weighted by atomic mass is 32.2. The molecule has 0 saturated carbocycles. The van der Waals surface area contributed by atoms with Gasteiger partial charge in [0.2, 0.25) is 0 Å². The summed E-state index contributed by atoms with van der Waals surface area (Å²) in [6.07, 6.45) is 3.38. The summed E-state index contributed by atoms with van der Waals surface area (Å²) in [6.45, 7) is 2.77. The molecule has 0 aliphatic carbocycles. The van der Waals surface area contributed by atoms with Gasteiger partial charge >= 0.3 is 5.91 Å². The molecule has 150 valence electrons. The van der Waals surface area contributed by atoms with E-state index in [1.807, 2.05) is 36.6 Å². The third-order valence-corrected chi connectivity index (χ3v) is 5.01. The van der Waals surface area contributed by atoms with Crippen molar-refractivity contribution in [2.75, 3.05) is 42.9 Å². The molecule has 1 amide bonds. The second-order valence-electron chi connectivity index (χ2n) is 6.28. The zero-order chi connectivity index (χ0) is 20.1. The van der Waals surface area contributed by atoms with Gasteiger partial charge in [-0.2, -0.15) is 0 Å². The van der Waals surface area contributed by atoms with E-state index in [9.17, 15) is 4.79 Å². The van der Waals surface area contributed by atoms with Crippen LogP contribution in [0.25, 0.3) is 11.1 Å². The average molecular weight is 411 g/mol. The van der Waals surface area contributed by atoms with E-state index in [0.29, 0.717) is 24.2 Å². The van der Waals surface area contributed by atoms with Crippen molar-refractivity contribution >= 4 is 29.3 Å². The molecule has 4 rings (SSSR count). The van der Waals surface area contributed by atoms with Crippen LogP contribution in [0.4, 0.5) is 11.6 Å². The lowest BCUT2D eigenvalue weighted by molar-refractivity contribution is 0.0935. The lowest BCUT2D eigenvalue weighted by atomic mass is 10.1. The molecule has 0 radical (unpaired) electrons. The Morgan fingerprint density at radius 1 is 1.10 bits per heavy atom. The van der Waals surface area contributed by atoms with E-state index in [-0.39, 0.29) is 11.7 Å². The van der Waals surface area contributed by atoms with Crippen molar-refractivity contribution in [2.24, 2.45) is 0 Å². The highest BCUT2D eigenvalue weighted by Crippen LogP contribution is 2.36. The number of furan rings is 1. The number of nitrogens with zero attached hydrogens (tertiary/aromatic N) is 3. The fourth-order valence-electron chi connectivity index (χ4n) is 3.07. The normalized spacial score (nSPS) is 13.9. The van der Waals surface area contributed by atoms with Crippen molar-refractivity contribution in [3.63, 3.8) is 0 Å². The third-order valence-electron chi connectivity index (χ3n) is 4.46. The highest BCUT2D eigenvalue weighted by molar-refractivity contribution is 7.98. The van der Waals surface area contributed by atoms with Crippen LogP contribution in [0, 0.1) is 0 Å². The summed E-state index contributed by atoms with van der Waals surface area (Å²) < 4.78 is 10.7. The Balaban J connectivity index is 1.74. The van der Waals surface area contributed by atoms with Crippen LogP contribution < -0.4 is 15.8 Å². The number of nitrogens with one attached hydrogen (secondary N) is 2. The zero-order valence-electron chi connectivity index (χ0n) is 15.9. The van der Waals surface area contributed by atoms with E-state index in [2.05, 4.69) is 20.7 Å². The number of amides is 1. The van der Waals surface area contributed by atoms with Crippen LogP contribution in [0.5, 0.6) is 0 Å². The number of aromatic nitrogens is 2. The summed E-state index contributed by atoms with van der Waals surface area (Å²) in [6, 6.07) is 13.2. The monoisotopic (exact) mass is 411 g/mol. The lowest BCUT2D eigenvalue weighted by Gasteiger charge is -2.30. The number of morpholine rings is 1. The molecule has 3 aromatic rings. The van der Waals surface area contributed by atoms with E-state index < -0.39 is 0 Å². The average Bonchev–Trinajstić information content (AvgIpc) is 3.33. The second-order valence-corrected chi connectivity index (χ2v) is 7.05. The molecule has 2 N–H and O–H groups in total. The number of hydrogen-bond donors (Lipinski definition) is 2. The van der Waals surface area contributed by atoms with Crippen molar-refractivity contribution in [1.29, 1.82) is 0 Å². The van der Waals surface area contributed by atoms with Crippen LogP contribution >= 0.6 is 11.8 Å². The van der Waals surface area contributed by atoms with E-state index in [4.69, 9.17) is 14.1 Å². The molecule has 1 aliphatic rings. The van der Waals surface area contributed by atoms with Gasteiger partial charge in [-0.3, -0.25) is 15.6 Å². The van der Waals surface area contributed by atoms with Crippen molar-refractivity contribution in [3.05, 3.63) is 54.5 Å². The van der Waals surface area contributed by atoms with Gasteiger partial charge in [-0.25, -0.2) is 9.97 Å². The second kappa shape index (κ2) is 8.97. The Kier molecular flexibility index (Phi) is 5.97. The maximum atomic E-state index is 12.3. The minimum Gasteiger partial charge on any atom is -0.459 e. The molecule has 1 saturated heterocycles. The van der Waals surface area contributed by atoms with E-state index in [1.165, 1.54) is 18.0 Å². The minimum atomic E-state index is -0.383. The van der Waals surface area contributed by atoms with Gasteiger partial charge in [-0.15, -0.1) is 0 Å². The maximum absolute atomic E-state index is 12.3. The SMILES string of the molecule is CSc1nc(NNC(=O)c2ccco2)c(-c2ccccc2)c(N2CCOCC2)n1. The summed E-state index contributed by atoms with van der Waals surface area (Å²) in [7, 11) is 0. The number of carbonyl (C=O) groups is 1. The number of rotatable bonds is 6. The fourth-order valence-corrected chi connectivity index (χ4v) is 3.43. The van der Waals surface area contributed by atoms with Crippen molar-refractivity contribution in [1.82, 2.24) is 15.4 Å². The number of anilines is 2. The smallest absolute Gasteiger partial charge is 0.305 e. The predicted octanol–water partition coefficient (Wildman–Crippen LogP) is 3.05. The Labute approximate surface area is 172 Å². The highest BCUT2D eigenvalue weighted by Gasteiger charge is 2.23. The first-order valence-electron chi connectivity index (χ1n) is 9.20. The summed E-state index contributed by atoms with van der Waals surface area (Å²) in [5.74, 6) is 1.17. The van der Waals surface area contributed by atoms with E-state index >= 15 is 0 Å². The summed E-state index contributed by atoms with van der Waals surface area (Å²) in [5.41, 5.74) is 7.42. The Morgan fingerprint density at radius 2 is 1.90 bits per heavy atom. The minimum absolute atomic E-state index is 0.214. The molecular formula is C20H21N5O3S. The van der Waals surface area contributed by atoms with Crippen LogP contribution in [-0.2, 0) is 4.74 Å². The number of hydrogen-bond acceptors (Lipinski definition) is 8. The molecule has 1 aliphatic heterocycles. The van der Waals surface area contributed by atoms with E-state index in [0.717, 1.165) is 30.0 Å². The van der Waals surface area contributed by atoms with Crippen LogP contribution in [0.2, 0.25) is 0 Å². The molecule has 9 heteroatoms. The molecule has 0 spiro atoms. The van der Waals surface area contributed by atoms with Gasteiger partial charge in [0, 0.05) is 13.1 Å². The van der Waals surface area contributed by atoms with Gasteiger partial charge < -0.3 is 14.1 Å². The summed E-state index contributed by atoms with van der Waals surface area (Å²) >= 11 is 1.45. The van der Waals surface area contributed by atoms with Crippen LogP contribution in [0.3, 0.4) is 0 Å². The van der Waals surface area contributed by atoms with Gasteiger partial charge in [0.15, 0.2) is 16.7 Å². The summed E-state index contributed by atoms with van der Waals surface area (Å²) in [5, 5.41) is 0.612. The fraction of sp³-hybridized carbons (Fsp3) is 0.250. The predicted molar refractivity (Wildman–Crippen MR) is 112 cm³/mol. The maximum Gasteiger partial charge on any atom is 0.305 e. The van der Waals surface area contributed by atoms with Gasteiger partial charge in [0.05, 0.1) is 25.0 Å². The van der Waals surface area contributed by atoms with Crippen LogP contribution in [0.15, 0.2) is 58.3 Å². The van der Waals surface area contributed by atoms with Gasteiger partial charge in [0.1, 0.15) is 5.82 Å². The largest absolute Gasteiger partial charge is 0.459 e. The molecule has 8 nitrogen and oxygen atoms in total. The number of benzene rings is 1. The van der Waals surface area contributed by atoms with Crippen molar-refractivity contribution in [3.8, 4) is 11.1 Å². The topological polar surface area (TPSA) is 92.5 Å². The molecule has 0 bridgehead atoms. The Bertz CT molecular complexity index is 960. The van der Waals surface area contributed by atoms with Crippen molar-refractivity contribution in [2.45, 2.75) is 5.16 Å². The van der Waals surface area contributed by atoms with Crippen molar-refractivity contribution < 1.29 is 13.9 Å². The molecule has 29 heavy (non-hydrogen) atoms. The first kappa shape index (κ1) is 19.3. The standard InChI is InChI=1S/C20H21N5O3S/c1-29-20-21-17(23-24-19(26)15-8-5-11-28-15)16(14-6-3-2-4-7-14)18(22-20)25-9-12-27-13-10-25/h2-8,11H,9-10,12-13H2,1H3,(H,24,26)(H,21,22,23). The lowest BCUT2D eigenvalue weighted by Crippen LogP contribution is -2.37. The third kappa shape index (κ3) is 4.36.